The highest BCUT2D eigenvalue weighted by Gasteiger charge is 2.30. The number of aromatic nitrogens is 2. The van der Waals surface area contributed by atoms with Crippen LogP contribution in [-0.4, -0.2) is 64.8 Å². The maximum absolute atomic E-state index is 11.7. The SMILES string of the molecule is O=C(O)/C=C(/C(=O)O)[n+]1cccnc1N1CCN(CC2=Cc3ccccc3Oc3ccccc32)CC1. The average Bonchev–Trinajstić information content (AvgIpc) is 3.04. The zero-order valence-corrected chi connectivity index (χ0v) is 19.4. The summed E-state index contributed by atoms with van der Waals surface area (Å²) in [5.41, 5.74) is 2.88. The minimum atomic E-state index is -1.34. The van der Waals surface area contributed by atoms with Gasteiger partial charge in [0.15, 0.2) is 5.70 Å². The number of hydrogen-bond acceptors (Lipinski definition) is 6. The summed E-state index contributed by atoms with van der Waals surface area (Å²) in [5.74, 6) is -0.617. The fourth-order valence-electron chi connectivity index (χ4n) is 4.51. The van der Waals surface area contributed by atoms with E-state index in [0.29, 0.717) is 25.1 Å². The number of para-hydroxylation sites is 2. The van der Waals surface area contributed by atoms with Crippen LogP contribution in [0.3, 0.4) is 0 Å². The Kier molecular flexibility index (Phi) is 6.46. The quantitative estimate of drug-likeness (QED) is 0.406. The Bertz CT molecular complexity index is 1380. The van der Waals surface area contributed by atoms with Crippen LogP contribution in [0, 0.1) is 0 Å². The Balaban J connectivity index is 1.36. The summed E-state index contributed by atoms with van der Waals surface area (Å²) in [5, 5.41) is 18.7. The third-order valence-corrected chi connectivity index (χ3v) is 6.22. The third-order valence-electron chi connectivity index (χ3n) is 6.22. The van der Waals surface area contributed by atoms with Gasteiger partial charge in [0.1, 0.15) is 17.7 Å². The summed E-state index contributed by atoms with van der Waals surface area (Å²) in [4.78, 5) is 31.6. The molecule has 0 spiro atoms. The first-order valence-electron chi connectivity index (χ1n) is 11.6. The molecule has 0 amide bonds. The third kappa shape index (κ3) is 4.82. The van der Waals surface area contributed by atoms with E-state index in [1.165, 1.54) is 10.8 Å². The van der Waals surface area contributed by atoms with Crippen LogP contribution in [0.5, 0.6) is 11.5 Å². The number of piperazine rings is 1. The average molecular weight is 486 g/mol. The molecule has 0 saturated carbocycles. The molecule has 1 saturated heterocycles. The summed E-state index contributed by atoms with van der Waals surface area (Å²) in [6.45, 7) is 3.40. The van der Waals surface area contributed by atoms with Crippen molar-refractivity contribution in [1.82, 2.24) is 9.88 Å². The number of hydrogen-bond donors (Lipinski definition) is 2. The standard InChI is InChI=1S/C27H24N4O5/c32-25(33)17-22(26(34)35)31-11-5-10-28-27(31)30-14-12-29(13-15-30)18-20-16-19-6-1-3-8-23(19)36-24-9-4-2-7-21(20)24/h1-11,16-17H,12-15,18H2,(H-,32,33,34,35)/p+1/b22-17-. The lowest BCUT2D eigenvalue weighted by molar-refractivity contribution is -0.568. The van der Waals surface area contributed by atoms with Gasteiger partial charge in [-0.15, -0.1) is 0 Å². The van der Waals surface area contributed by atoms with Gasteiger partial charge >= 0.3 is 17.9 Å². The lowest BCUT2D eigenvalue weighted by atomic mass is 10.0. The second kappa shape index (κ2) is 10.0. The Labute approximate surface area is 207 Å². The molecule has 0 aliphatic carbocycles. The van der Waals surface area contributed by atoms with Gasteiger partial charge in [0, 0.05) is 36.8 Å². The van der Waals surface area contributed by atoms with Crippen LogP contribution < -0.4 is 14.2 Å². The summed E-state index contributed by atoms with van der Waals surface area (Å²) < 4.78 is 7.50. The first kappa shape index (κ1) is 23.3. The number of carboxylic acids is 2. The van der Waals surface area contributed by atoms with Gasteiger partial charge in [-0.2, -0.15) is 4.57 Å². The first-order chi connectivity index (χ1) is 17.5. The van der Waals surface area contributed by atoms with Gasteiger partial charge in [0.2, 0.25) is 0 Å². The Morgan fingerprint density at radius 1 is 0.972 bits per heavy atom. The van der Waals surface area contributed by atoms with Crippen molar-refractivity contribution in [2.75, 3.05) is 37.6 Å². The number of carbonyl (C=O) groups is 2. The minimum absolute atomic E-state index is 0.369. The topological polar surface area (TPSA) is 107 Å². The van der Waals surface area contributed by atoms with Crippen LogP contribution in [-0.2, 0) is 9.59 Å². The van der Waals surface area contributed by atoms with E-state index in [2.05, 4.69) is 22.0 Å². The molecule has 0 bridgehead atoms. The van der Waals surface area contributed by atoms with E-state index in [1.807, 2.05) is 47.4 Å². The molecule has 0 unspecified atom stereocenters. The van der Waals surface area contributed by atoms with Crippen molar-refractivity contribution >= 4 is 35.2 Å². The molecule has 36 heavy (non-hydrogen) atoms. The molecule has 1 fully saturated rings. The zero-order valence-electron chi connectivity index (χ0n) is 19.4. The van der Waals surface area contributed by atoms with E-state index >= 15 is 0 Å². The number of aliphatic carboxylic acids is 2. The molecular formula is C27H25N4O5+. The minimum Gasteiger partial charge on any atom is -0.478 e. The fourth-order valence-corrected chi connectivity index (χ4v) is 4.51. The Hall–Kier alpha value is -4.50. The lowest BCUT2D eigenvalue weighted by Gasteiger charge is -2.32. The molecule has 0 radical (unpaired) electrons. The molecule has 2 aliphatic heterocycles. The summed E-state index contributed by atoms with van der Waals surface area (Å²) in [6.07, 6.45) is 5.95. The molecule has 3 heterocycles. The molecule has 182 valence electrons. The molecule has 9 nitrogen and oxygen atoms in total. The Morgan fingerprint density at radius 2 is 1.69 bits per heavy atom. The predicted molar refractivity (Wildman–Crippen MR) is 133 cm³/mol. The Morgan fingerprint density at radius 3 is 2.44 bits per heavy atom. The molecular weight excluding hydrogens is 460 g/mol. The highest BCUT2D eigenvalue weighted by molar-refractivity contribution is 6.10. The van der Waals surface area contributed by atoms with E-state index in [4.69, 9.17) is 9.84 Å². The normalized spacial score (nSPS) is 15.7. The van der Waals surface area contributed by atoms with E-state index in [-0.39, 0.29) is 5.70 Å². The number of rotatable bonds is 6. The van der Waals surface area contributed by atoms with Crippen molar-refractivity contribution in [2.45, 2.75) is 0 Å². The number of nitrogens with zero attached hydrogens (tertiary/aromatic N) is 4. The second-order valence-corrected chi connectivity index (χ2v) is 8.53. The molecule has 2 N–H and O–H groups in total. The molecule has 0 atom stereocenters. The maximum atomic E-state index is 11.7. The number of anilines is 1. The van der Waals surface area contributed by atoms with E-state index in [9.17, 15) is 14.7 Å². The highest BCUT2D eigenvalue weighted by Crippen LogP contribution is 2.38. The van der Waals surface area contributed by atoms with E-state index in [0.717, 1.165) is 47.8 Å². The molecule has 5 rings (SSSR count). The van der Waals surface area contributed by atoms with Gasteiger partial charge in [-0.1, -0.05) is 41.4 Å². The van der Waals surface area contributed by atoms with E-state index in [1.54, 1.807) is 12.3 Å². The number of fused-ring (bicyclic) bond motifs is 2. The van der Waals surface area contributed by atoms with Gasteiger partial charge < -0.3 is 14.9 Å². The largest absolute Gasteiger partial charge is 0.478 e. The van der Waals surface area contributed by atoms with Gasteiger partial charge in [0.05, 0.1) is 25.4 Å². The van der Waals surface area contributed by atoms with Crippen molar-refractivity contribution < 1.29 is 29.1 Å². The van der Waals surface area contributed by atoms with Crippen LogP contribution in [0.2, 0.25) is 0 Å². The lowest BCUT2D eigenvalue weighted by Crippen LogP contribution is -2.52. The number of benzene rings is 2. The van der Waals surface area contributed by atoms with Gasteiger partial charge in [0.25, 0.3) is 0 Å². The zero-order chi connectivity index (χ0) is 25.1. The monoisotopic (exact) mass is 485 g/mol. The van der Waals surface area contributed by atoms with Crippen LogP contribution in [0.25, 0.3) is 17.3 Å². The van der Waals surface area contributed by atoms with Crippen molar-refractivity contribution in [3.8, 4) is 11.5 Å². The van der Waals surface area contributed by atoms with Crippen LogP contribution >= 0.6 is 0 Å². The molecule has 1 aromatic heterocycles. The van der Waals surface area contributed by atoms with Crippen LogP contribution in [0.4, 0.5) is 5.95 Å². The fraction of sp³-hybridized carbons (Fsp3) is 0.185. The second-order valence-electron chi connectivity index (χ2n) is 8.53. The predicted octanol–water partition coefficient (Wildman–Crippen LogP) is 2.85. The first-order valence-corrected chi connectivity index (χ1v) is 11.6. The summed E-state index contributed by atoms with van der Waals surface area (Å²) >= 11 is 0. The van der Waals surface area contributed by atoms with Crippen molar-refractivity contribution in [2.24, 2.45) is 0 Å². The van der Waals surface area contributed by atoms with Gasteiger partial charge in [-0.25, -0.2) is 9.59 Å². The summed E-state index contributed by atoms with van der Waals surface area (Å²) in [6, 6.07) is 17.6. The van der Waals surface area contributed by atoms with Crippen LogP contribution in [0.1, 0.15) is 11.1 Å². The highest BCUT2D eigenvalue weighted by atomic mass is 16.5. The molecule has 3 aromatic rings. The van der Waals surface area contributed by atoms with Crippen molar-refractivity contribution in [1.29, 1.82) is 0 Å². The van der Waals surface area contributed by atoms with Crippen LogP contribution in [0.15, 0.2) is 73.1 Å². The molecule has 2 aliphatic rings. The summed E-state index contributed by atoms with van der Waals surface area (Å²) in [7, 11) is 0. The smallest absolute Gasteiger partial charge is 0.399 e. The molecule has 2 aromatic carbocycles. The number of carboxylic acid groups (broad SMARTS) is 2. The van der Waals surface area contributed by atoms with Gasteiger partial charge in [-0.05, 0) is 23.8 Å². The number of ether oxygens (including phenoxy) is 1. The van der Waals surface area contributed by atoms with Crippen molar-refractivity contribution in [3.05, 3.63) is 84.2 Å². The van der Waals surface area contributed by atoms with E-state index < -0.39 is 11.9 Å². The van der Waals surface area contributed by atoms with Gasteiger partial charge in [-0.3, -0.25) is 9.80 Å². The maximum Gasteiger partial charge on any atom is 0.399 e. The molecule has 9 heteroatoms. The van der Waals surface area contributed by atoms with Crippen molar-refractivity contribution in [3.63, 3.8) is 0 Å².